The summed E-state index contributed by atoms with van der Waals surface area (Å²) in [4.78, 5) is 28.1. The average Bonchev–Trinajstić information content (AvgIpc) is 2.67. The highest BCUT2D eigenvalue weighted by Gasteiger charge is 2.54. The van der Waals surface area contributed by atoms with Gasteiger partial charge < -0.3 is 9.47 Å². The number of carbonyl (C=O) groups is 2. The van der Waals surface area contributed by atoms with Gasteiger partial charge in [0.05, 0.1) is 6.61 Å². The van der Waals surface area contributed by atoms with E-state index in [2.05, 4.69) is 4.99 Å². The fourth-order valence-corrected chi connectivity index (χ4v) is 1.86. The number of benzene rings is 1. The molecule has 0 fully saturated rings. The summed E-state index contributed by atoms with van der Waals surface area (Å²) in [5.74, 6) is -1.26. The van der Waals surface area contributed by atoms with Crippen molar-refractivity contribution in [3.63, 3.8) is 0 Å². The SMILES string of the molecule is CCOC(=O)C1(c2ccccc2)N=C(C)OC1=O. The second kappa shape index (κ2) is 4.60. The number of cyclic esters (lactones) is 1. The molecule has 0 spiro atoms. The molecule has 0 saturated carbocycles. The standard InChI is InChI=1S/C13H13NO4/c1-3-17-11(15)13(10-7-5-4-6-8-10)12(16)18-9(2)14-13/h4-8H,3H2,1-2H3. The van der Waals surface area contributed by atoms with Crippen molar-refractivity contribution in [1.82, 2.24) is 0 Å². The van der Waals surface area contributed by atoms with Crippen molar-refractivity contribution in [3.05, 3.63) is 35.9 Å². The fraction of sp³-hybridized carbons (Fsp3) is 0.308. The van der Waals surface area contributed by atoms with Crippen LogP contribution in [0.15, 0.2) is 35.3 Å². The lowest BCUT2D eigenvalue weighted by atomic mass is 9.91. The molecule has 5 nitrogen and oxygen atoms in total. The molecule has 0 radical (unpaired) electrons. The van der Waals surface area contributed by atoms with Gasteiger partial charge in [-0.25, -0.2) is 14.6 Å². The molecule has 0 N–H and O–H groups in total. The van der Waals surface area contributed by atoms with Crippen molar-refractivity contribution in [2.45, 2.75) is 19.4 Å². The van der Waals surface area contributed by atoms with Crippen molar-refractivity contribution in [2.24, 2.45) is 4.99 Å². The smallest absolute Gasteiger partial charge is 0.357 e. The first-order chi connectivity index (χ1) is 8.61. The van der Waals surface area contributed by atoms with Crippen LogP contribution >= 0.6 is 0 Å². The predicted octanol–water partition coefficient (Wildman–Crippen LogP) is 1.42. The van der Waals surface area contributed by atoms with E-state index in [1.165, 1.54) is 6.92 Å². The zero-order chi connectivity index (χ0) is 13.2. The molecule has 5 heteroatoms. The van der Waals surface area contributed by atoms with Gasteiger partial charge in [-0.05, 0) is 6.92 Å². The summed E-state index contributed by atoms with van der Waals surface area (Å²) in [7, 11) is 0. The van der Waals surface area contributed by atoms with Gasteiger partial charge in [0.1, 0.15) is 0 Å². The number of aliphatic imine (C=N–C) groups is 1. The summed E-state index contributed by atoms with van der Waals surface area (Å²) >= 11 is 0. The van der Waals surface area contributed by atoms with Gasteiger partial charge in [-0.1, -0.05) is 30.3 Å². The average molecular weight is 247 g/mol. The molecule has 1 unspecified atom stereocenters. The molecule has 1 aliphatic rings. The number of ether oxygens (including phenoxy) is 2. The molecule has 1 aromatic carbocycles. The summed E-state index contributed by atoms with van der Waals surface area (Å²) in [6, 6.07) is 8.55. The van der Waals surface area contributed by atoms with E-state index in [1.807, 2.05) is 0 Å². The highest BCUT2D eigenvalue weighted by molar-refractivity contribution is 6.13. The number of hydrogen-bond acceptors (Lipinski definition) is 5. The van der Waals surface area contributed by atoms with Gasteiger partial charge in [0, 0.05) is 12.5 Å². The molecule has 1 atom stereocenters. The number of hydrogen-bond donors (Lipinski definition) is 0. The minimum Gasteiger partial charge on any atom is -0.463 e. The monoisotopic (exact) mass is 247 g/mol. The number of rotatable bonds is 3. The second-order valence-electron chi connectivity index (χ2n) is 3.82. The zero-order valence-electron chi connectivity index (χ0n) is 10.2. The Bertz CT molecular complexity index is 509. The van der Waals surface area contributed by atoms with E-state index in [-0.39, 0.29) is 12.5 Å². The summed E-state index contributed by atoms with van der Waals surface area (Å²) in [5, 5.41) is 0. The van der Waals surface area contributed by atoms with E-state index in [4.69, 9.17) is 9.47 Å². The molecule has 0 bridgehead atoms. The zero-order valence-corrected chi connectivity index (χ0v) is 10.2. The van der Waals surface area contributed by atoms with Gasteiger partial charge in [-0.2, -0.15) is 0 Å². The van der Waals surface area contributed by atoms with Crippen LogP contribution in [0.25, 0.3) is 0 Å². The van der Waals surface area contributed by atoms with E-state index < -0.39 is 17.5 Å². The van der Waals surface area contributed by atoms with Crippen LogP contribution in [-0.2, 0) is 24.6 Å². The largest absolute Gasteiger partial charge is 0.463 e. The van der Waals surface area contributed by atoms with Crippen LogP contribution in [0.5, 0.6) is 0 Å². The van der Waals surface area contributed by atoms with Crippen LogP contribution < -0.4 is 0 Å². The first-order valence-electron chi connectivity index (χ1n) is 5.62. The Hall–Kier alpha value is -2.17. The highest BCUT2D eigenvalue weighted by Crippen LogP contribution is 2.33. The summed E-state index contributed by atoms with van der Waals surface area (Å²) in [6.45, 7) is 3.38. The third kappa shape index (κ3) is 1.77. The molecule has 1 aliphatic heterocycles. The van der Waals surface area contributed by atoms with Crippen molar-refractivity contribution in [3.8, 4) is 0 Å². The number of nitrogens with zero attached hydrogens (tertiary/aromatic N) is 1. The Morgan fingerprint density at radius 1 is 1.39 bits per heavy atom. The molecule has 2 rings (SSSR count). The van der Waals surface area contributed by atoms with Crippen LogP contribution in [-0.4, -0.2) is 24.4 Å². The third-order valence-corrected chi connectivity index (χ3v) is 2.62. The van der Waals surface area contributed by atoms with Gasteiger partial charge in [0.15, 0.2) is 5.90 Å². The Kier molecular flexibility index (Phi) is 3.14. The topological polar surface area (TPSA) is 65.0 Å². The van der Waals surface area contributed by atoms with Gasteiger partial charge in [-0.15, -0.1) is 0 Å². The second-order valence-corrected chi connectivity index (χ2v) is 3.82. The molecule has 1 heterocycles. The van der Waals surface area contributed by atoms with Crippen molar-refractivity contribution < 1.29 is 19.1 Å². The van der Waals surface area contributed by atoms with Crippen LogP contribution in [0, 0.1) is 0 Å². The maximum absolute atomic E-state index is 12.1. The first kappa shape index (κ1) is 12.3. The van der Waals surface area contributed by atoms with Gasteiger partial charge >= 0.3 is 11.9 Å². The van der Waals surface area contributed by atoms with Crippen molar-refractivity contribution in [2.75, 3.05) is 6.61 Å². The summed E-state index contributed by atoms with van der Waals surface area (Å²) < 4.78 is 9.86. The Balaban J connectivity index is 2.55. The Labute approximate surface area is 104 Å². The van der Waals surface area contributed by atoms with Gasteiger partial charge in [0.2, 0.25) is 0 Å². The normalized spacial score (nSPS) is 22.3. The Morgan fingerprint density at radius 2 is 2.06 bits per heavy atom. The maximum Gasteiger partial charge on any atom is 0.357 e. The molecule has 0 amide bonds. The lowest BCUT2D eigenvalue weighted by molar-refractivity contribution is -0.158. The van der Waals surface area contributed by atoms with E-state index in [1.54, 1.807) is 37.3 Å². The van der Waals surface area contributed by atoms with Crippen LogP contribution in [0.1, 0.15) is 19.4 Å². The van der Waals surface area contributed by atoms with Gasteiger partial charge in [0.25, 0.3) is 5.54 Å². The molecule has 94 valence electrons. The van der Waals surface area contributed by atoms with E-state index >= 15 is 0 Å². The predicted molar refractivity (Wildman–Crippen MR) is 64.0 cm³/mol. The van der Waals surface area contributed by atoms with Crippen molar-refractivity contribution in [1.29, 1.82) is 0 Å². The molecule has 1 aromatic rings. The van der Waals surface area contributed by atoms with Crippen LogP contribution in [0.2, 0.25) is 0 Å². The number of esters is 2. The molecule has 18 heavy (non-hydrogen) atoms. The van der Waals surface area contributed by atoms with Gasteiger partial charge in [-0.3, -0.25) is 0 Å². The van der Waals surface area contributed by atoms with E-state index in [0.717, 1.165) is 0 Å². The lowest BCUT2D eigenvalue weighted by Gasteiger charge is -2.20. The molecular weight excluding hydrogens is 234 g/mol. The van der Waals surface area contributed by atoms with E-state index in [0.29, 0.717) is 5.56 Å². The minimum atomic E-state index is -1.71. The minimum absolute atomic E-state index is 0.164. The fourth-order valence-electron chi connectivity index (χ4n) is 1.86. The van der Waals surface area contributed by atoms with Crippen LogP contribution in [0.3, 0.4) is 0 Å². The molecule has 0 aromatic heterocycles. The third-order valence-electron chi connectivity index (χ3n) is 2.62. The first-order valence-corrected chi connectivity index (χ1v) is 5.62. The molecular formula is C13H13NO4. The van der Waals surface area contributed by atoms with Crippen LogP contribution in [0.4, 0.5) is 0 Å². The maximum atomic E-state index is 12.1. The Morgan fingerprint density at radius 3 is 2.56 bits per heavy atom. The quantitative estimate of drug-likeness (QED) is 0.598. The lowest BCUT2D eigenvalue weighted by Crippen LogP contribution is -2.41. The highest BCUT2D eigenvalue weighted by atomic mass is 16.6. The molecule has 0 aliphatic carbocycles. The van der Waals surface area contributed by atoms with E-state index in [9.17, 15) is 9.59 Å². The molecule has 0 saturated heterocycles. The summed E-state index contributed by atoms with van der Waals surface area (Å²) in [5.41, 5.74) is -1.26. The number of carbonyl (C=O) groups excluding carboxylic acids is 2. The summed E-state index contributed by atoms with van der Waals surface area (Å²) in [6.07, 6.45) is 0. The van der Waals surface area contributed by atoms with Crippen molar-refractivity contribution >= 4 is 17.8 Å².